The summed E-state index contributed by atoms with van der Waals surface area (Å²) in [6.45, 7) is 8.39. The van der Waals surface area contributed by atoms with Crippen molar-refractivity contribution < 1.29 is 4.74 Å². The Bertz CT molecular complexity index is 339. The van der Waals surface area contributed by atoms with Crippen LogP contribution in [-0.4, -0.2) is 18.7 Å². The number of hydrogen-bond donors (Lipinski definition) is 1. The summed E-state index contributed by atoms with van der Waals surface area (Å²) in [5.41, 5.74) is 0.168. The molecule has 2 unspecified atom stereocenters. The normalized spacial score (nSPS) is 30.6. The molecule has 1 aromatic heterocycles. The first-order chi connectivity index (χ1) is 7.67. The molecule has 1 aromatic rings. The lowest BCUT2D eigenvalue weighted by Gasteiger charge is -2.37. The molecule has 90 valence electrons. The molecule has 16 heavy (non-hydrogen) atoms. The van der Waals surface area contributed by atoms with Crippen molar-refractivity contribution in [1.82, 2.24) is 5.32 Å². The van der Waals surface area contributed by atoms with Crippen molar-refractivity contribution >= 4 is 11.3 Å². The fourth-order valence-corrected chi connectivity index (χ4v) is 2.90. The van der Waals surface area contributed by atoms with Crippen molar-refractivity contribution in [2.75, 3.05) is 13.2 Å². The van der Waals surface area contributed by atoms with Gasteiger partial charge in [0.1, 0.15) is 6.10 Å². The van der Waals surface area contributed by atoms with Gasteiger partial charge in [-0.05, 0) is 31.9 Å². The third-order valence-corrected chi connectivity index (χ3v) is 4.77. The summed E-state index contributed by atoms with van der Waals surface area (Å²) in [7, 11) is 0. The van der Waals surface area contributed by atoms with E-state index in [1.54, 1.807) is 0 Å². The number of morpholine rings is 1. The number of rotatable bonds is 3. The Balaban J connectivity index is 1.98. The van der Waals surface area contributed by atoms with Gasteiger partial charge in [0.05, 0.1) is 6.61 Å². The highest BCUT2D eigenvalue weighted by Crippen LogP contribution is 2.30. The molecule has 0 radical (unpaired) electrons. The monoisotopic (exact) mass is 239 g/mol. The Morgan fingerprint density at radius 3 is 2.81 bits per heavy atom. The van der Waals surface area contributed by atoms with Crippen LogP contribution in [0.3, 0.4) is 0 Å². The topological polar surface area (TPSA) is 21.3 Å². The first-order valence-corrected chi connectivity index (χ1v) is 6.94. The number of hydrogen-bond acceptors (Lipinski definition) is 3. The first kappa shape index (κ1) is 12.1. The molecule has 0 spiro atoms. The van der Waals surface area contributed by atoms with Crippen molar-refractivity contribution in [2.45, 2.75) is 45.3 Å². The second-order valence-corrected chi connectivity index (χ2v) is 5.95. The Kier molecular flexibility index (Phi) is 3.67. The van der Waals surface area contributed by atoms with Gasteiger partial charge in [-0.25, -0.2) is 0 Å². The van der Waals surface area contributed by atoms with Gasteiger partial charge >= 0.3 is 0 Å². The van der Waals surface area contributed by atoms with Gasteiger partial charge in [0.2, 0.25) is 0 Å². The molecule has 0 aromatic carbocycles. The van der Waals surface area contributed by atoms with Crippen LogP contribution in [0.4, 0.5) is 0 Å². The first-order valence-electron chi connectivity index (χ1n) is 6.12. The molecule has 1 saturated heterocycles. The maximum atomic E-state index is 5.98. The zero-order chi connectivity index (χ0) is 11.6. The van der Waals surface area contributed by atoms with Crippen LogP contribution >= 0.6 is 11.3 Å². The minimum Gasteiger partial charge on any atom is -0.369 e. The number of nitrogens with one attached hydrogen (secondary N) is 1. The molecule has 0 saturated carbocycles. The highest BCUT2D eigenvalue weighted by molar-refractivity contribution is 7.12. The molecule has 0 bridgehead atoms. The molecule has 3 heteroatoms. The van der Waals surface area contributed by atoms with E-state index in [1.807, 2.05) is 11.3 Å². The van der Waals surface area contributed by atoms with Crippen LogP contribution in [0.1, 0.15) is 43.1 Å². The third-order valence-electron chi connectivity index (χ3n) is 3.45. The lowest BCUT2D eigenvalue weighted by Crippen LogP contribution is -2.52. The fourth-order valence-electron chi connectivity index (χ4n) is 1.90. The molecule has 2 heterocycles. The standard InChI is InChI=1S/C13H21NOS/c1-4-10-6-7-12(16-10)11-8-14-13(3,5-2)9-15-11/h6-7,11,14H,4-5,8-9H2,1-3H3. The number of aryl methyl sites for hydroxylation is 1. The maximum absolute atomic E-state index is 5.98. The van der Waals surface area contributed by atoms with Crippen molar-refractivity contribution in [2.24, 2.45) is 0 Å². The Morgan fingerprint density at radius 1 is 1.50 bits per heavy atom. The summed E-state index contributed by atoms with van der Waals surface area (Å²) >= 11 is 1.88. The lowest BCUT2D eigenvalue weighted by molar-refractivity contribution is -0.0282. The SMILES string of the molecule is CCc1ccc(C2CNC(C)(CC)CO2)s1. The molecule has 1 N–H and O–H groups in total. The lowest BCUT2D eigenvalue weighted by atomic mass is 9.98. The van der Waals surface area contributed by atoms with Gasteiger partial charge in [-0.2, -0.15) is 0 Å². The van der Waals surface area contributed by atoms with E-state index in [0.29, 0.717) is 0 Å². The van der Waals surface area contributed by atoms with Gasteiger partial charge in [0.15, 0.2) is 0 Å². The zero-order valence-corrected chi connectivity index (χ0v) is 11.2. The second-order valence-electron chi connectivity index (χ2n) is 4.75. The van der Waals surface area contributed by atoms with Crippen LogP contribution in [0, 0.1) is 0 Å². The average Bonchev–Trinajstić information content (AvgIpc) is 2.79. The van der Waals surface area contributed by atoms with Crippen LogP contribution in [-0.2, 0) is 11.2 Å². The molecular weight excluding hydrogens is 218 g/mol. The van der Waals surface area contributed by atoms with E-state index in [1.165, 1.54) is 9.75 Å². The van der Waals surface area contributed by atoms with Gasteiger partial charge in [0, 0.05) is 21.8 Å². The largest absolute Gasteiger partial charge is 0.369 e. The van der Waals surface area contributed by atoms with Crippen molar-refractivity contribution in [3.05, 3.63) is 21.9 Å². The van der Waals surface area contributed by atoms with Crippen LogP contribution in [0.15, 0.2) is 12.1 Å². The average molecular weight is 239 g/mol. The van der Waals surface area contributed by atoms with Crippen LogP contribution in [0.25, 0.3) is 0 Å². The minimum atomic E-state index is 0.168. The van der Waals surface area contributed by atoms with Gasteiger partial charge in [0.25, 0.3) is 0 Å². The van der Waals surface area contributed by atoms with Crippen LogP contribution in [0.5, 0.6) is 0 Å². The summed E-state index contributed by atoms with van der Waals surface area (Å²) in [5.74, 6) is 0. The maximum Gasteiger partial charge on any atom is 0.104 e. The molecule has 0 amide bonds. The molecule has 1 aliphatic rings. The van der Waals surface area contributed by atoms with Gasteiger partial charge in [-0.1, -0.05) is 13.8 Å². The smallest absolute Gasteiger partial charge is 0.104 e. The van der Waals surface area contributed by atoms with Crippen LogP contribution < -0.4 is 5.32 Å². The molecular formula is C13H21NOS. The second kappa shape index (κ2) is 4.86. The quantitative estimate of drug-likeness (QED) is 0.875. The zero-order valence-electron chi connectivity index (χ0n) is 10.4. The predicted molar refractivity (Wildman–Crippen MR) is 69.1 cm³/mol. The van der Waals surface area contributed by atoms with Crippen molar-refractivity contribution in [3.8, 4) is 0 Å². The third kappa shape index (κ3) is 2.47. The molecule has 1 aliphatic heterocycles. The van der Waals surface area contributed by atoms with Gasteiger partial charge < -0.3 is 10.1 Å². The summed E-state index contributed by atoms with van der Waals surface area (Å²) in [6, 6.07) is 4.43. The number of ether oxygens (including phenoxy) is 1. The Morgan fingerprint density at radius 2 is 2.31 bits per heavy atom. The Hall–Kier alpha value is -0.380. The summed E-state index contributed by atoms with van der Waals surface area (Å²) in [5, 5.41) is 3.60. The molecule has 2 nitrogen and oxygen atoms in total. The van der Waals surface area contributed by atoms with E-state index >= 15 is 0 Å². The summed E-state index contributed by atoms with van der Waals surface area (Å²) < 4.78 is 5.98. The van der Waals surface area contributed by atoms with Crippen LogP contribution in [0.2, 0.25) is 0 Å². The van der Waals surface area contributed by atoms with E-state index < -0.39 is 0 Å². The summed E-state index contributed by atoms with van der Waals surface area (Å²) in [6.07, 6.45) is 2.49. The number of thiophene rings is 1. The molecule has 2 rings (SSSR count). The summed E-state index contributed by atoms with van der Waals surface area (Å²) in [4.78, 5) is 2.81. The van der Waals surface area contributed by atoms with Crippen molar-refractivity contribution in [1.29, 1.82) is 0 Å². The van der Waals surface area contributed by atoms with Gasteiger partial charge in [-0.15, -0.1) is 11.3 Å². The van der Waals surface area contributed by atoms with E-state index in [9.17, 15) is 0 Å². The molecule has 2 atom stereocenters. The fraction of sp³-hybridized carbons (Fsp3) is 0.692. The predicted octanol–water partition coefficient (Wildman–Crippen LogP) is 3.14. The minimum absolute atomic E-state index is 0.168. The van der Waals surface area contributed by atoms with E-state index in [4.69, 9.17) is 4.74 Å². The van der Waals surface area contributed by atoms with Gasteiger partial charge in [-0.3, -0.25) is 0 Å². The Labute approximate surface area is 102 Å². The highest BCUT2D eigenvalue weighted by Gasteiger charge is 2.30. The molecule has 1 fully saturated rings. The highest BCUT2D eigenvalue weighted by atomic mass is 32.1. The molecule has 0 aliphatic carbocycles. The van der Waals surface area contributed by atoms with E-state index in [-0.39, 0.29) is 11.6 Å². The van der Waals surface area contributed by atoms with E-state index in [0.717, 1.165) is 26.0 Å². The van der Waals surface area contributed by atoms with E-state index in [2.05, 4.69) is 38.2 Å². The van der Waals surface area contributed by atoms with Crippen molar-refractivity contribution in [3.63, 3.8) is 0 Å².